The van der Waals surface area contributed by atoms with E-state index in [9.17, 15) is 9.59 Å². The molecule has 0 bridgehead atoms. The van der Waals surface area contributed by atoms with Crippen molar-refractivity contribution in [1.29, 1.82) is 0 Å². The highest BCUT2D eigenvalue weighted by atomic mass is 35.5. The number of hydrogen-bond donors (Lipinski definition) is 0. The first-order valence-corrected chi connectivity index (χ1v) is 10.9. The molecule has 2 aromatic carbocycles. The van der Waals surface area contributed by atoms with Gasteiger partial charge in [0.25, 0.3) is 0 Å². The lowest BCUT2D eigenvalue weighted by Crippen LogP contribution is -2.10. The normalized spacial score (nSPS) is 11.0. The van der Waals surface area contributed by atoms with Gasteiger partial charge in [-0.25, -0.2) is 4.79 Å². The molecule has 4 aromatic rings. The summed E-state index contributed by atoms with van der Waals surface area (Å²) in [5, 5.41) is 9.81. The molecule has 0 aliphatic rings. The van der Waals surface area contributed by atoms with E-state index in [0.717, 1.165) is 11.3 Å². The SMILES string of the molecule is COc1ccc2c(COC(=O)CSc3nncn3-c3ccc(C)c(Cl)c3)cc(=O)oc2c1. The molecule has 0 amide bonds. The van der Waals surface area contributed by atoms with Crippen molar-refractivity contribution in [3.63, 3.8) is 0 Å². The number of aromatic nitrogens is 3. The minimum absolute atomic E-state index is 0.0193. The first-order valence-electron chi connectivity index (χ1n) is 9.50. The van der Waals surface area contributed by atoms with E-state index in [-0.39, 0.29) is 12.4 Å². The number of rotatable bonds is 7. The highest BCUT2D eigenvalue weighted by molar-refractivity contribution is 7.99. The number of nitrogens with zero attached hydrogens (tertiary/aromatic N) is 3. The molecule has 0 saturated heterocycles. The summed E-state index contributed by atoms with van der Waals surface area (Å²) in [6.07, 6.45) is 1.55. The zero-order valence-electron chi connectivity index (χ0n) is 17.2. The Morgan fingerprint density at radius 1 is 1.22 bits per heavy atom. The van der Waals surface area contributed by atoms with Crippen molar-refractivity contribution in [2.24, 2.45) is 0 Å². The number of esters is 1. The second-order valence-electron chi connectivity index (χ2n) is 6.82. The molecular weight excluding hydrogens is 454 g/mol. The Kier molecular flexibility index (Phi) is 6.48. The van der Waals surface area contributed by atoms with Crippen LogP contribution in [0.15, 0.2) is 63.2 Å². The highest BCUT2D eigenvalue weighted by Gasteiger charge is 2.14. The molecule has 2 aromatic heterocycles. The van der Waals surface area contributed by atoms with Gasteiger partial charge in [0.05, 0.1) is 18.6 Å². The van der Waals surface area contributed by atoms with Crippen LogP contribution in [0, 0.1) is 6.92 Å². The fourth-order valence-corrected chi connectivity index (χ4v) is 3.91. The van der Waals surface area contributed by atoms with Crippen molar-refractivity contribution >= 4 is 40.3 Å². The highest BCUT2D eigenvalue weighted by Crippen LogP contribution is 2.25. The Labute approximate surface area is 192 Å². The van der Waals surface area contributed by atoms with Crippen LogP contribution in [0.1, 0.15) is 11.1 Å². The first kappa shape index (κ1) is 21.9. The third-order valence-electron chi connectivity index (χ3n) is 4.70. The Bertz CT molecular complexity index is 1350. The van der Waals surface area contributed by atoms with Crippen molar-refractivity contribution < 1.29 is 18.7 Å². The number of carbonyl (C=O) groups is 1. The molecule has 0 saturated carbocycles. The molecule has 0 fully saturated rings. The predicted molar refractivity (Wildman–Crippen MR) is 121 cm³/mol. The number of carbonyl (C=O) groups excluding carboxylic acids is 1. The van der Waals surface area contributed by atoms with E-state index in [1.807, 2.05) is 25.1 Å². The van der Waals surface area contributed by atoms with E-state index in [1.54, 1.807) is 29.1 Å². The van der Waals surface area contributed by atoms with Crippen LogP contribution in [0.25, 0.3) is 16.7 Å². The number of fused-ring (bicyclic) bond motifs is 1. The van der Waals surface area contributed by atoms with Crippen LogP contribution in [-0.2, 0) is 16.1 Å². The summed E-state index contributed by atoms with van der Waals surface area (Å²) in [4.78, 5) is 24.2. The molecule has 0 unspecified atom stereocenters. The van der Waals surface area contributed by atoms with Gasteiger partial charge in [-0.1, -0.05) is 29.4 Å². The molecule has 0 N–H and O–H groups in total. The molecule has 0 aliphatic carbocycles. The number of benzene rings is 2. The predicted octanol–water partition coefficient (Wildman–Crippen LogP) is 4.18. The number of ether oxygens (including phenoxy) is 2. The second kappa shape index (κ2) is 9.46. The Balaban J connectivity index is 1.42. The smallest absolute Gasteiger partial charge is 0.336 e. The van der Waals surface area contributed by atoms with E-state index in [2.05, 4.69) is 10.2 Å². The summed E-state index contributed by atoms with van der Waals surface area (Å²) in [6, 6.07) is 12.0. The summed E-state index contributed by atoms with van der Waals surface area (Å²) in [6.45, 7) is 1.86. The van der Waals surface area contributed by atoms with Crippen LogP contribution < -0.4 is 10.4 Å². The van der Waals surface area contributed by atoms with Crippen LogP contribution in [0.4, 0.5) is 0 Å². The first-order chi connectivity index (χ1) is 15.4. The molecule has 164 valence electrons. The van der Waals surface area contributed by atoms with E-state index < -0.39 is 11.6 Å². The number of methoxy groups -OCH3 is 1. The molecule has 0 atom stereocenters. The van der Waals surface area contributed by atoms with Gasteiger partial charge in [0.15, 0.2) is 5.16 Å². The quantitative estimate of drug-likeness (QED) is 0.225. The molecule has 10 heteroatoms. The van der Waals surface area contributed by atoms with Crippen molar-refractivity contribution in [3.8, 4) is 11.4 Å². The van der Waals surface area contributed by atoms with Crippen LogP contribution in [0.2, 0.25) is 5.02 Å². The molecule has 0 radical (unpaired) electrons. The van der Waals surface area contributed by atoms with E-state index in [1.165, 1.54) is 24.9 Å². The number of halogens is 1. The van der Waals surface area contributed by atoms with Crippen LogP contribution >= 0.6 is 23.4 Å². The summed E-state index contributed by atoms with van der Waals surface area (Å²) in [5.74, 6) is 0.123. The van der Waals surface area contributed by atoms with Crippen molar-refractivity contribution in [3.05, 3.63) is 75.4 Å². The van der Waals surface area contributed by atoms with Crippen LogP contribution in [0.5, 0.6) is 5.75 Å². The van der Waals surface area contributed by atoms with Gasteiger partial charge in [-0.2, -0.15) is 0 Å². The van der Waals surface area contributed by atoms with Gasteiger partial charge in [-0.3, -0.25) is 9.36 Å². The molecule has 32 heavy (non-hydrogen) atoms. The van der Waals surface area contributed by atoms with Crippen LogP contribution in [-0.4, -0.2) is 33.6 Å². The number of hydrogen-bond acceptors (Lipinski definition) is 8. The minimum Gasteiger partial charge on any atom is -0.497 e. The number of thioether (sulfide) groups is 1. The van der Waals surface area contributed by atoms with Crippen LogP contribution in [0.3, 0.4) is 0 Å². The Morgan fingerprint density at radius 3 is 2.84 bits per heavy atom. The minimum atomic E-state index is -0.531. The standard InChI is InChI=1S/C22H18ClN3O5S/c1-13-3-4-15(8-18(13)23)26-12-24-25-22(26)32-11-21(28)30-10-14-7-20(27)31-19-9-16(29-2)5-6-17(14)19/h3-9,12H,10-11H2,1-2H3. The molecule has 0 aliphatic heterocycles. The lowest BCUT2D eigenvalue weighted by molar-refractivity contribution is -0.141. The maximum atomic E-state index is 12.3. The van der Waals surface area contributed by atoms with Gasteiger partial charge >= 0.3 is 11.6 Å². The van der Waals surface area contributed by atoms with Crippen molar-refractivity contribution in [1.82, 2.24) is 14.8 Å². The zero-order chi connectivity index (χ0) is 22.7. The van der Waals surface area contributed by atoms with Gasteiger partial charge < -0.3 is 13.9 Å². The third kappa shape index (κ3) is 4.79. The van der Waals surface area contributed by atoms with Gasteiger partial charge in [0.2, 0.25) is 0 Å². The second-order valence-corrected chi connectivity index (χ2v) is 8.17. The zero-order valence-corrected chi connectivity index (χ0v) is 18.8. The monoisotopic (exact) mass is 471 g/mol. The molecular formula is C22H18ClN3O5S. The van der Waals surface area contributed by atoms with E-state index in [0.29, 0.717) is 32.5 Å². The number of aryl methyl sites for hydroxylation is 1. The molecule has 2 heterocycles. The summed E-state index contributed by atoms with van der Waals surface area (Å²) < 4.78 is 17.5. The van der Waals surface area contributed by atoms with Gasteiger partial charge in [-0.05, 0) is 36.8 Å². The largest absolute Gasteiger partial charge is 0.497 e. The summed E-state index contributed by atoms with van der Waals surface area (Å²) in [7, 11) is 1.52. The van der Waals surface area contributed by atoms with Gasteiger partial charge in [0, 0.05) is 28.1 Å². The average Bonchev–Trinajstić information content (AvgIpc) is 3.26. The summed E-state index contributed by atoms with van der Waals surface area (Å²) in [5.41, 5.74) is 2.13. The van der Waals surface area contributed by atoms with Gasteiger partial charge in [0.1, 0.15) is 24.3 Å². The maximum absolute atomic E-state index is 12.3. The fourth-order valence-electron chi connectivity index (χ4n) is 3.01. The Hall–Kier alpha value is -3.30. The lowest BCUT2D eigenvalue weighted by atomic mass is 10.1. The maximum Gasteiger partial charge on any atom is 0.336 e. The average molecular weight is 472 g/mol. The van der Waals surface area contributed by atoms with E-state index in [4.69, 9.17) is 25.5 Å². The lowest BCUT2D eigenvalue weighted by Gasteiger charge is -2.09. The molecule has 8 nitrogen and oxygen atoms in total. The molecule has 0 spiro atoms. The molecule has 4 rings (SSSR count). The van der Waals surface area contributed by atoms with Crippen molar-refractivity contribution in [2.75, 3.05) is 12.9 Å². The van der Waals surface area contributed by atoms with Gasteiger partial charge in [-0.15, -0.1) is 10.2 Å². The fraction of sp³-hybridized carbons (Fsp3) is 0.182. The topological polar surface area (TPSA) is 96.5 Å². The van der Waals surface area contributed by atoms with E-state index >= 15 is 0 Å². The third-order valence-corrected chi connectivity index (χ3v) is 6.02. The Morgan fingerprint density at radius 2 is 2.06 bits per heavy atom. The summed E-state index contributed by atoms with van der Waals surface area (Å²) >= 11 is 7.40. The van der Waals surface area contributed by atoms with Crippen molar-refractivity contribution in [2.45, 2.75) is 18.7 Å².